The lowest BCUT2D eigenvalue weighted by atomic mass is 10.0. The maximum absolute atomic E-state index is 13.4. The zero-order valence-electron chi connectivity index (χ0n) is 10.4. The molecule has 1 heterocycles. The van der Waals surface area contributed by atoms with Crippen LogP contribution in [0.25, 0.3) is 0 Å². The van der Waals surface area contributed by atoms with Crippen molar-refractivity contribution >= 4 is 15.6 Å². The number of rotatable bonds is 4. The summed E-state index contributed by atoms with van der Waals surface area (Å²) in [6.45, 7) is 0.375. The van der Waals surface area contributed by atoms with Gasteiger partial charge < -0.3 is 5.32 Å². The Morgan fingerprint density at radius 3 is 2.79 bits per heavy atom. The molecule has 1 N–H and O–H groups in total. The highest BCUT2D eigenvalue weighted by atomic mass is 32.2. The average Bonchev–Trinajstić information content (AvgIpc) is 2.30. The Bertz CT molecular complexity index is 571. The van der Waals surface area contributed by atoms with Gasteiger partial charge in [-0.1, -0.05) is 18.2 Å². The fraction of sp³-hybridized carbons (Fsp3) is 0.462. The topological polar surface area (TPSA) is 63.2 Å². The Morgan fingerprint density at radius 2 is 2.11 bits per heavy atom. The molecule has 0 spiro atoms. The van der Waals surface area contributed by atoms with Gasteiger partial charge >= 0.3 is 0 Å². The Kier molecular flexibility index (Phi) is 4.31. The van der Waals surface area contributed by atoms with Crippen LogP contribution in [0, 0.1) is 5.82 Å². The first-order chi connectivity index (χ1) is 8.96. The largest absolute Gasteiger partial charge is 0.312 e. The third-order valence-corrected chi connectivity index (χ3v) is 4.86. The quantitative estimate of drug-likeness (QED) is 0.885. The van der Waals surface area contributed by atoms with Gasteiger partial charge in [-0.3, -0.25) is 4.79 Å². The van der Waals surface area contributed by atoms with Crippen molar-refractivity contribution in [2.24, 2.45) is 0 Å². The monoisotopic (exact) mass is 285 g/mol. The number of Topliss-reactive ketones (excluding diaryl/α,β-unsaturated/α-hetero) is 1. The van der Waals surface area contributed by atoms with Crippen LogP contribution in [0.1, 0.15) is 12.0 Å². The van der Waals surface area contributed by atoms with Crippen LogP contribution in [0.15, 0.2) is 24.3 Å². The molecular formula is C13H16FNO3S. The number of ketones is 1. The normalized spacial score (nSPS) is 22.1. The van der Waals surface area contributed by atoms with Crippen LogP contribution in [0.5, 0.6) is 0 Å². The lowest BCUT2D eigenvalue weighted by Gasteiger charge is -2.23. The second-order valence-electron chi connectivity index (χ2n) is 4.78. The molecule has 4 nitrogen and oxygen atoms in total. The SMILES string of the molecule is O=C(Cc1ccccc1F)CC1CS(=O)(=O)CCN1. The summed E-state index contributed by atoms with van der Waals surface area (Å²) in [6.07, 6.45) is 0.123. The highest BCUT2D eigenvalue weighted by molar-refractivity contribution is 7.91. The standard InChI is InChI=1S/C13H16FNO3S/c14-13-4-2-1-3-10(13)7-12(16)8-11-9-19(17,18)6-5-15-11/h1-4,11,15H,5-9H2. The van der Waals surface area contributed by atoms with E-state index in [2.05, 4.69) is 5.32 Å². The molecule has 0 aliphatic carbocycles. The first kappa shape index (κ1) is 14.1. The molecule has 19 heavy (non-hydrogen) atoms. The third-order valence-electron chi connectivity index (χ3n) is 3.12. The predicted molar refractivity (Wildman–Crippen MR) is 70.2 cm³/mol. The van der Waals surface area contributed by atoms with E-state index in [9.17, 15) is 17.6 Å². The summed E-state index contributed by atoms with van der Waals surface area (Å²) in [5, 5.41) is 3.01. The van der Waals surface area contributed by atoms with E-state index in [4.69, 9.17) is 0 Å². The van der Waals surface area contributed by atoms with E-state index in [0.29, 0.717) is 12.1 Å². The van der Waals surface area contributed by atoms with Crippen LogP contribution in [0.4, 0.5) is 4.39 Å². The van der Waals surface area contributed by atoms with Crippen molar-refractivity contribution in [3.05, 3.63) is 35.6 Å². The predicted octanol–water partition coefficient (Wildman–Crippen LogP) is 0.714. The van der Waals surface area contributed by atoms with Crippen LogP contribution in [-0.2, 0) is 21.1 Å². The zero-order valence-corrected chi connectivity index (χ0v) is 11.2. The molecule has 1 saturated heterocycles. The van der Waals surface area contributed by atoms with E-state index in [-0.39, 0.29) is 36.2 Å². The third kappa shape index (κ3) is 4.11. The van der Waals surface area contributed by atoms with E-state index < -0.39 is 15.7 Å². The molecule has 1 atom stereocenters. The van der Waals surface area contributed by atoms with Crippen LogP contribution in [0.3, 0.4) is 0 Å². The molecule has 0 aromatic heterocycles. The first-order valence-electron chi connectivity index (χ1n) is 6.15. The van der Waals surface area contributed by atoms with E-state index in [1.54, 1.807) is 18.2 Å². The highest BCUT2D eigenvalue weighted by Gasteiger charge is 2.26. The van der Waals surface area contributed by atoms with Crippen molar-refractivity contribution < 1.29 is 17.6 Å². The smallest absolute Gasteiger partial charge is 0.153 e. The number of sulfone groups is 1. The molecule has 1 aliphatic heterocycles. The summed E-state index contributed by atoms with van der Waals surface area (Å²) in [6, 6.07) is 5.77. The van der Waals surface area contributed by atoms with Gasteiger partial charge in [0.25, 0.3) is 0 Å². The second-order valence-corrected chi connectivity index (χ2v) is 7.01. The summed E-state index contributed by atoms with van der Waals surface area (Å²) in [4.78, 5) is 11.8. The fourth-order valence-electron chi connectivity index (χ4n) is 2.20. The van der Waals surface area contributed by atoms with E-state index in [1.165, 1.54) is 6.07 Å². The number of halogens is 1. The van der Waals surface area contributed by atoms with Crippen molar-refractivity contribution in [2.75, 3.05) is 18.1 Å². The molecule has 1 aromatic carbocycles. The molecule has 1 aliphatic rings. The first-order valence-corrected chi connectivity index (χ1v) is 7.97. The Labute approximate surface area is 111 Å². The van der Waals surface area contributed by atoms with Crippen molar-refractivity contribution in [3.63, 3.8) is 0 Å². The van der Waals surface area contributed by atoms with E-state index >= 15 is 0 Å². The lowest BCUT2D eigenvalue weighted by Crippen LogP contribution is -2.46. The molecule has 0 saturated carbocycles. The minimum Gasteiger partial charge on any atom is -0.312 e. The molecule has 104 valence electrons. The summed E-state index contributed by atoms with van der Waals surface area (Å²) in [5.74, 6) is -0.458. The van der Waals surface area contributed by atoms with Gasteiger partial charge in [-0.25, -0.2) is 12.8 Å². The summed E-state index contributed by atoms with van der Waals surface area (Å²) in [5.41, 5.74) is 0.353. The molecular weight excluding hydrogens is 269 g/mol. The van der Waals surface area contributed by atoms with Crippen molar-refractivity contribution in [1.82, 2.24) is 5.32 Å². The van der Waals surface area contributed by atoms with Crippen molar-refractivity contribution in [2.45, 2.75) is 18.9 Å². The number of carbonyl (C=O) groups excluding carboxylic acids is 1. The zero-order chi connectivity index (χ0) is 13.9. The van der Waals surface area contributed by atoms with Crippen LogP contribution >= 0.6 is 0 Å². The maximum atomic E-state index is 13.4. The van der Waals surface area contributed by atoms with Crippen LogP contribution in [-0.4, -0.2) is 38.3 Å². The van der Waals surface area contributed by atoms with Crippen LogP contribution < -0.4 is 5.32 Å². The van der Waals surface area contributed by atoms with E-state index in [0.717, 1.165) is 0 Å². The summed E-state index contributed by atoms with van der Waals surface area (Å²) >= 11 is 0. The van der Waals surface area contributed by atoms with Gasteiger partial charge in [-0.15, -0.1) is 0 Å². The lowest BCUT2D eigenvalue weighted by molar-refractivity contribution is -0.118. The average molecular weight is 285 g/mol. The van der Waals surface area contributed by atoms with Crippen LogP contribution in [0.2, 0.25) is 0 Å². The van der Waals surface area contributed by atoms with Gasteiger partial charge in [0, 0.05) is 25.4 Å². The molecule has 0 bridgehead atoms. The number of benzene rings is 1. The van der Waals surface area contributed by atoms with Gasteiger partial charge in [0.1, 0.15) is 11.6 Å². The fourth-order valence-corrected chi connectivity index (χ4v) is 3.64. The Hall–Kier alpha value is -1.27. The summed E-state index contributed by atoms with van der Waals surface area (Å²) < 4.78 is 36.3. The molecule has 6 heteroatoms. The second kappa shape index (κ2) is 5.79. The minimum atomic E-state index is -3.05. The Balaban J connectivity index is 1.93. The van der Waals surface area contributed by atoms with E-state index in [1.807, 2.05) is 0 Å². The van der Waals surface area contributed by atoms with Crippen molar-refractivity contribution in [1.29, 1.82) is 0 Å². The molecule has 1 fully saturated rings. The molecule has 2 rings (SSSR count). The van der Waals surface area contributed by atoms with Gasteiger partial charge in [-0.05, 0) is 11.6 Å². The van der Waals surface area contributed by atoms with Gasteiger partial charge in [0.2, 0.25) is 0 Å². The van der Waals surface area contributed by atoms with Crippen molar-refractivity contribution in [3.8, 4) is 0 Å². The maximum Gasteiger partial charge on any atom is 0.153 e. The van der Waals surface area contributed by atoms with Gasteiger partial charge in [0.05, 0.1) is 11.5 Å². The Morgan fingerprint density at radius 1 is 1.37 bits per heavy atom. The highest BCUT2D eigenvalue weighted by Crippen LogP contribution is 2.11. The number of hydrogen-bond acceptors (Lipinski definition) is 4. The summed E-state index contributed by atoms with van der Waals surface area (Å²) in [7, 11) is -3.05. The number of carbonyl (C=O) groups is 1. The van der Waals surface area contributed by atoms with Gasteiger partial charge in [-0.2, -0.15) is 0 Å². The number of hydrogen-bond donors (Lipinski definition) is 1. The molecule has 0 amide bonds. The van der Waals surface area contributed by atoms with Gasteiger partial charge in [0.15, 0.2) is 9.84 Å². The number of nitrogens with one attached hydrogen (secondary N) is 1. The molecule has 0 radical (unpaired) electrons. The minimum absolute atomic E-state index is 0.00486. The molecule has 1 unspecified atom stereocenters. The molecule has 1 aromatic rings.